The number of anilines is 1. The average Bonchev–Trinajstić information content (AvgIpc) is 3.07. The van der Waals surface area contributed by atoms with Gasteiger partial charge < -0.3 is 11.1 Å². The molecule has 24 heavy (non-hydrogen) atoms. The first kappa shape index (κ1) is 20.4. The summed E-state index contributed by atoms with van der Waals surface area (Å²) in [5, 5.41) is 9.06. The summed E-state index contributed by atoms with van der Waals surface area (Å²) in [4.78, 5) is 16.1. The number of carbonyl (C=O) groups is 1. The summed E-state index contributed by atoms with van der Waals surface area (Å²) in [5.74, 6) is -0.0147. The van der Waals surface area contributed by atoms with Crippen molar-refractivity contribution in [3.05, 3.63) is 59.0 Å². The van der Waals surface area contributed by atoms with Gasteiger partial charge in [0.05, 0.1) is 0 Å². The number of carbonyl (C=O) groups excluding carboxylic acids is 1. The van der Waals surface area contributed by atoms with Gasteiger partial charge in [0.15, 0.2) is 0 Å². The maximum atomic E-state index is 12.0. The highest BCUT2D eigenvalue weighted by Gasteiger charge is 2.10. The van der Waals surface area contributed by atoms with E-state index in [-0.39, 0.29) is 36.8 Å². The lowest BCUT2D eigenvalue weighted by Crippen LogP contribution is -2.16. The van der Waals surface area contributed by atoms with Crippen LogP contribution in [0.4, 0.5) is 5.69 Å². The van der Waals surface area contributed by atoms with Crippen LogP contribution in [0, 0.1) is 0 Å². The second-order valence-corrected chi connectivity index (χ2v) is 5.97. The number of rotatable bonds is 5. The van der Waals surface area contributed by atoms with Crippen molar-refractivity contribution in [2.75, 3.05) is 5.32 Å². The molecule has 0 radical (unpaired) electrons. The van der Waals surface area contributed by atoms with Crippen LogP contribution in [0.25, 0.3) is 10.8 Å². The van der Waals surface area contributed by atoms with Crippen molar-refractivity contribution < 1.29 is 4.79 Å². The molecule has 0 fully saturated rings. The Morgan fingerprint density at radius 3 is 2.79 bits per heavy atom. The van der Waals surface area contributed by atoms with E-state index in [2.05, 4.69) is 10.3 Å². The maximum absolute atomic E-state index is 12.0. The van der Waals surface area contributed by atoms with E-state index >= 15 is 0 Å². The highest BCUT2D eigenvalue weighted by molar-refractivity contribution is 7.07. The topological polar surface area (TPSA) is 68.0 Å². The molecule has 1 unspecified atom stereocenters. The van der Waals surface area contributed by atoms with Gasteiger partial charge in [0.2, 0.25) is 5.91 Å². The molecule has 128 valence electrons. The standard InChI is InChI=1S/C17H17N3OS.2ClH/c18-16(14-6-8-22-11-14)3-4-17(21)20-15-2-1-13-10-19-7-5-12(13)9-15;;/h1-2,5-11,16H,3-4,18H2,(H,20,21);2*1H. The largest absolute Gasteiger partial charge is 0.326 e. The van der Waals surface area contributed by atoms with Crippen LogP contribution in [0.1, 0.15) is 24.4 Å². The van der Waals surface area contributed by atoms with Gasteiger partial charge in [-0.25, -0.2) is 0 Å². The predicted molar refractivity (Wildman–Crippen MR) is 105 cm³/mol. The van der Waals surface area contributed by atoms with Crippen molar-refractivity contribution in [3.63, 3.8) is 0 Å². The fourth-order valence-corrected chi connectivity index (χ4v) is 3.05. The number of aromatic nitrogens is 1. The van der Waals surface area contributed by atoms with E-state index in [4.69, 9.17) is 5.73 Å². The van der Waals surface area contributed by atoms with E-state index in [9.17, 15) is 4.79 Å². The molecule has 1 aromatic carbocycles. The molecule has 4 nitrogen and oxygen atoms in total. The Bertz CT molecular complexity index is 780. The van der Waals surface area contributed by atoms with Crippen LogP contribution in [0.2, 0.25) is 0 Å². The summed E-state index contributed by atoms with van der Waals surface area (Å²) in [6.45, 7) is 0. The van der Waals surface area contributed by atoms with E-state index in [1.807, 2.05) is 41.1 Å². The van der Waals surface area contributed by atoms with Crippen molar-refractivity contribution in [1.82, 2.24) is 4.98 Å². The average molecular weight is 384 g/mol. The molecular weight excluding hydrogens is 365 g/mol. The molecule has 3 rings (SSSR count). The molecule has 1 atom stereocenters. The molecule has 3 N–H and O–H groups in total. The van der Waals surface area contributed by atoms with Crippen molar-refractivity contribution >= 4 is 58.5 Å². The molecule has 3 aromatic rings. The molecular formula is C17H19Cl2N3OS. The van der Waals surface area contributed by atoms with Gasteiger partial charge >= 0.3 is 0 Å². The minimum Gasteiger partial charge on any atom is -0.326 e. The van der Waals surface area contributed by atoms with Gasteiger partial charge in [-0.15, -0.1) is 24.8 Å². The molecule has 0 bridgehead atoms. The summed E-state index contributed by atoms with van der Waals surface area (Å²) >= 11 is 1.62. The molecule has 7 heteroatoms. The first-order valence-corrected chi connectivity index (χ1v) is 8.08. The van der Waals surface area contributed by atoms with Gasteiger partial charge in [-0.1, -0.05) is 6.07 Å². The van der Waals surface area contributed by atoms with Gasteiger partial charge in [-0.3, -0.25) is 9.78 Å². The number of benzene rings is 1. The molecule has 0 aliphatic heterocycles. The van der Waals surface area contributed by atoms with E-state index in [0.717, 1.165) is 22.0 Å². The molecule has 0 saturated heterocycles. The Hall–Kier alpha value is -1.66. The quantitative estimate of drug-likeness (QED) is 0.678. The van der Waals surface area contributed by atoms with Crippen LogP contribution in [-0.4, -0.2) is 10.9 Å². The third-order valence-electron chi connectivity index (χ3n) is 3.58. The number of halogens is 2. The first-order chi connectivity index (χ1) is 10.7. The maximum Gasteiger partial charge on any atom is 0.224 e. The summed E-state index contributed by atoms with van der Waals surface area (Å²) in [5.41, 5.74) is 7.97. The third-order valence-corrected chi connectivity index (χ3v) is 4.28. The smallest absolute Gasteiger partial charge is 0.224 e. The first-order valence-electron chi connectivity index (χ1n) is 7.14. The van der Waals surface area contributed by atoms with Gasteiger partial charge in [0.25, 0.3) is 0 Å². The van der Waals surface area contributed by atoms with E-state index in [0.29, 0.717) is 12.8 Å². The lowest BCUT2D eigenvalue weighted by Gasteiger charge is -2.10. The van der Waals surface area contributed by atoms with Crippen molar-refractivity contribution in [3.8, 4) is 0 Å². The Morgan fingerprint density at radius 1 is 1.21 bits per heavy atom. The zero-order valence-corrected chi connectivity index (χ0v) is 15.3. The number of nitrogens with zero attached hydrogens (tertiary/aromatic N) is 1. The van der Waals surface area contributed by atoms with Crippen molar-refractivity contribution in [2.45, 2.75) is 18.9 Å². The fourth-order valence-electron chi connectivity index (χ4n) is 2.32. The zero-order chi connectivity index (χ0) is 15.4. The molecule has 0 aliphatic carbocycles. The number of hydrogen-bond donors (Lipinski definition) is 2. The second kappa shape index (κ2) is 9.59. The summed E-state index contributed by atoms with van der Waals surface area (Å²) in [7, 11) is 0. The lowest BCUT2D eigenvalue weighted by atomic mass is 10.1. The Kier molecular flexibility index (Phi) is 8.15. The Morgan fingerprint density at radius 2 is 2.04 bits per heavy atom. The summed E-state index contributed by atoms with van der Waals surface area (Å²) < 4.78 is 0. The van der Waals surface area contributed by atoms with Gasteiger partial charge in [-0.05, 0) is 52.4 Å². The van der Waals surface area contributed by atoms with Crippen LogP contribution in [-0.2, 0) is 4.79 Å². The van der Waals surface area contributed by atoms with Crippen LogP contribution in [0.3, 0.4) is 0 Å². The summed E-state index contributed by atoms with van der Waals surface area (Å²) in [6.07, 6.45) is 4.60. The monoisotopic (exact) mass is 383 g/mol. The van der Waals surface area contributed by atoms with Crippen molar-refractivity contribution in [2.24, 2.45) is 5.73 Å². The third kappa shape index (κ3) is 5.18. The van der Waals surface area contributed by atoms with Crippen LogP contribution < -0.4 is 11.1 Å². The van der Waals surface area contributed by atoms with E-state index in [1.165, 1.54) is 0 Å². The van der Waals surface area contributed by atoms with Gasteiger partial charge in [-0.2, -0.15) is 11.3 Å². The minimum atomic E-state index is -0.0836. The zero-order valence-electron chi connectivity index (χ0n) is 12.8. The second-order valence-electron chi connectivity index (χ2n) is 5.19. The highest BCUT2D eigenvalue weighted by atomic mass is 35.5. The minimum absolute atomic E-state index is 0. The normalized spacial score (nSPS) is 11.2. The molecule has 0 spiro atoms. The number of amides is 1. The summed E-state index contributed by atoms with van der Waals surface area (Å²) in [6, 6.07) is 9.64. The fraction of sp³-hybridized carbons (Fsp3) is 0.176. The number of thiophene rings is 1. The number of fused-ring (bicyclic) bond motifs is 1. The highest BCUT2D eigenvalue weighted by Crippen LogP contribution is 2.20. The number of nitrogens with one attached hydrogen (secondary N) is 1. The van der Waals surface area contributed by atoms with Crippen LogP contribution >= 0.6 is 36.2 Å². The predicted octanol–water partition coefficient (Wildman–Crippen LogP) is 4.56. The van der Waals surface area contributed by atoms with Crippen molar-refractivity contribution in [1.29, 1.82) is 0 Å². The van der Waals surface area contributed by atoms with E-state index < -0.39 is 0 Å². The molecule has 0 aliphatic rings. The molecule has 2 aromatic heterocycles. The number of hydrogen-bond acceptors (Lipinski definition) is 4. The van der Waals surface area contributed by atoms with E-state index in [1.54, 1.807) is 23.7 Å². The van der Waals surface area contributed by atoms with Gasteiger partial charge in [0.1, 0.15) is 0 Å². The SMILES string of the molecule is Cl.Cl.NC(CCC(=O)Nc1ccc2cnccc2c1)c1ccsc1. The lowest BCUT2D eigenvalue weighted by molar-refractivity contribution is -0.116. The number of pyridine rings is 1. The Balaban J connectivity index is 0.00000144. The van der Waals surface area contributed by atoms with Gasteiger partial charge in [0, 0.05) is 35.9 Å². The van der Waals surface area contributed by atoms with Crippen LogP contribution in [0.5, 0.6) is 0 Å². The molecule has 2 heterocycles. The molecule has 0 saturated carbocycles. The molecule has 1 amide bonds. The Labute approximate surface area is 157 Å². The van der Waals surface area contributed by atoms with Crippen LogP contribution in [0.15, 0.2) is 53.5 Å². The number of nitrogens with two attached hydrogens (primary N) is 1.